The fraction of sp³-hybridized carbons (Fsp3) is 0.226. The first kappa shape index (κ1) is 23.6. The first-order valence-corrected chi connectivity index (χ1v) is 12.3. The van der Waals surface area contributed by atoms with Crippen LogP contribution in [0.1, 0.15) is 34.6 Å². The summed E-state index contributed by atoms with van der Waals surface area (Å²) < 4.78 is 6.21. The Labute approximate surface area is 211 Å². The van der Waals surface area contributed by atoms with E-state index < -0.39 is 11.9 Å². The lowest BCUT2D eigenvalue weighted by molar-refractivity contribution is -0.138. The van der Waals surface area contributed by atoms with Gasteiger partial charge in [-0.3, -0.25) is 9.69 Å². The van der Waals surface area contributed by atoms with E-state index >= 15 is 0 Å². The van der Waals surface area contributed by atoms with Crippen molar-refractivity contribution in [1.82, 2.24) is 4.90 Å². The van der Waals surface area contributed by atoms with E-state index in [0.717, 1.165) is 53.7 Å². The van der Waals surface area contributed by atoms with E-state index in [4.69, 9.17) is 4.74 Å². The Morgan fingerprint density at radius 1 is 0.972 bits per heavy atom. The lowest BCUT2D eigenvalue weighted by atomic mass is 9.91. The Morgan fingerprint density at radius 2 is 1.75 bits per heavy atom. The van der Waals surface area contributed by atoms with Crippen LogP contribution in [0.25, 0.3) is 10.8 Å². The lowest BCUT2D eigenvalue weighted by Gasteiger charge is -2.18. The van der Waals surface area contributed by atoms with E-state index in [1.807, 2.05) is 60.7 Å². The number of hydrogen-bond acceptors (Lipinski definition) is 4. The highest BCUT2D eigenvalue weighted by Crippen LogP contribution is 2.27. The van der Waals surface area contributed by atoms with Crippen molar-refractivity contribution in [3.8, 4) is 11.8 Å². The Morgan fingerprint density at radius 3 is 2.50 bits per heavy atom. The van der Waals surface area contributed by atoms with Gasteiger partial charge in [0.25, 0.3) is 0 Å². The first-order valence-electron chi connectivity index (χ1n) is 12.3. The Hall–Kier alpha value is -4.14. The van der Waals surface area contributed by atoms with E-state index in [2.05, 4.69) is 35.2 Å². The zero-order valence-electron chi connectivity index (χ0n) is 20.0. The number of nitriles is 1. The maximum atomic E-state index is 12.1. The predicted octanol–water partition coefficient (Wildman–Crippen LogP) is 5.78. The number of carbonyl (C=O) groups is 1. The van der Waals surface area contributed by atoms with Gasteiger partial charge < -0.3 is 9.84 Å². The third-order valence-electron chi connectivity index (χ3n) is 6.84. The van der Waals surface area contributed by atoms with Crippen molar-refractivity contribution in [3.05, 3.63) is 113 Å². The van der Waals surface area contributed by atoms with Crippen LogP contribution in [0.15, 0.2) is 91.0 Å². The van der Waals surface area contributed by atoms with Crippen molar-refractivity contribution in [2.75, 3.05) is 13.1 Å². The van der Waals surface area contributed by atoms with Crippen molar-refractivity contribution in [2.24, 2.45) is 0 Å². The van der Waals surface area contributed by atoms with Crippen LogP contribution in [0, 0.1) is 11.3 Å². The zero-order chi connectivity index (χ0) is 24.9. The number of ether oxygens (including phenoxy) is 1. The molecule has 1 N–H and O–H groups in total. The van der Waals surface area contributed by atoms with E-state index in [1.54, 1.807) is 6.07 Å². The number of rotatable bonds is 8. The van der Waals surface area contributed by atoms with Crippen LogP contribution in [0.3, 0.4) is 0 Å². The number of aliphatic carboxylic acids is 1. The van der Waals surface area contributed by atoms with Crippen molar-refractivity contribution < 1.29 is 14.6 Å². The van der Waals surface area contributed by atoms with Crippen LogP contribution >= 0.6 is 0 Å². The van der Waals surface area contributed by atoms with Crippen LogP contribution in [0.2, 0.25) is 0 Å². The molecule has 1 aliphatic rings. The summed E-state index contributed by atoms with van der Waals surface area (Å²) in [6.07, 6.45) is 1.48. The molecule has 0 saturated carbocycles. The highest BCUT2D eigenvalue weighted by atomic mass is 16.5. The van der Waals surface area contributed by atoms with Gasteiger partial charge in [-0.1, -0.05) is 66.7 Å². The molecule has 5 rings (SSSR count). The second-order valence-electron chi connectivity index (χ2n) is 9.42. The molecule has 0 amide bonds. The van der Waals surface area contributed by atoms with Crippen molar-refractivity contribution >= 4 is 16.7 Å². The molecular formula is C31H28N2O3. The molecule has 0 aliphatic carbocycles. The molecule has 1 heterocycles. The number of carboxylic acids is 1. The molecule has 0 spiro atoms. The van der Waals surface area contributed by atoms with Gasteiger partial charge in [0, 0.05) is 19.6 Å². The third-order valence-corrected chi connectivity index (χ3v) is 6.84. The second-order valence-corrected chi connectivity index (χ2v) is 9.42. The summed E-state index contributed by atoms with van der Waals surface area (Å²) in [6, 6.07) is 31.6. The summed E-state index contributed by atoms with van der Waals surface area (Å²) >= 11 is 0. The summed E-state index contributed by atoms with van der Waals surface area (Å²) in [6.45, 7) is 2.80. The number of fused-ring (bicyclic) bond motifs is 1. The number of hydrogen-bond donors (Lipinski definition) is 1. The topological polar surface area (TPSA) is 73.6 Å². The predicted molar refractivity (Wildman–Crippen MR) is 140 cm³/mol. The number of nitrogens with zero attached hydrogens (tertiary/aromatic N) is 2. The summed E-state index contributed by atoms with van der Waals surface area (Å²) in [5.74, 6) is -0.755. The lowest BCUT2D eigenvalue weighted by Crippen LogP contribution is -2.24. The molecule has 4 aromatic carbocycles. The highest BCUT2D eigenvalue weighted by Gasteiger charge is 2.25. The van der Waals surface area contributed by atoms with Gasteiger partial charge in [0.15, 0.2) is 0 Å². The molecule has 1 saturated heterocycles. The van der Waals surface area contributed by atoms with Crippen LogP contribution in [0.4, 0.5) is 0 Å². The largest absolute Gasteiger partial charge is 0.489 e. The van der Waals surface area contributed by atoms with Crippen LogP contribution < -0.4 is 4.74 Å². The minimum atomic E-state index is -0.859. The number of likely N-dealkylation sites (tertiary alicyclic amines) is 1. The SMILES string of the molecule is N#Cc1ccc2ccc(CC(C(=O)O)c3ccc(O[C@H]4CCN(Cc5ccccc5)C4)cc3)cc2c1. The van der Waals surface area contributed by atoms with Gasteiger partial charge in [0.1, 0.15) is 11.9 Å². The molecule has 5 heteroatoms. The molecule has 1 aliphatic heterocycles. The summed E-state index contributed by atoms with van der Waals surface area (Å²) in [4.78, 5) is 14.5. The fourth-order valence-electron chi connectivity index (χ4n) is 4.93. The molecule has 180 valence electrons. The van der Waals surface area contributed by atoms with Crippen molar-refractivity contribution in [1.29, 1.82) is 5.26 Å². The molecule has 0 aromatic heterocycles. The molecule has 2 atom stereocenters. The molecule has 5 nitrogen and oxygen atoms in total. The Kier molecular flexibility index (Phi) is 6.97. The van der Waals surface area contributed by atoms with Gasteiger partial charge in [-0.2, -0.15) is 5.26 Å². The maximum absolute atomic E-state index is 12.1. The van der Waals surface area contributed by atoms with Crippen LogP contribution in [-0.4, -0.2) is 35.2 Å². The van der Waals surface area contributed by atoms with Crippen molar-refractivity contribution in [3.63, 3.8) is 0 Å². The van der Waals surface area contributed by atoms with E-state index in [-0.39, 0.29) is 6.10 Å². The summed E-state index contributed by atoms with van der Waals surface area (Å²) in [5, 5.41) is 21.1. The van der Waals surface area contributed by atoms with Gasteiger partial charge in [0.05, 0.1) is 17.6 Å². The minimum absolute atomic E-state index is 0.130. The monoisotopic (exact) mass is 476 g/mol. The third kappa shape index (κ3) is 5.56. The van der Waals surface area contributed by atoms with E-state index in [0.29, 0.717) is 12.0 Å². The molecule has 0 bridgehead atoms. The number of carboxylic acid groups (broad SMARTS) is 1. The molecule has 4 aromatic rings. The minimum Gasteiger partial charge on any atom is -0.489 e. The van der Waals surface area contributed by atoms with Gasteiger partial charge in [-0.05, 0) is 64.6 Å². The Bertz CT molecular complexity index is 1390. The second kappa shape index (κ2) is 10.6. The number of benzene rings is 4. The van der Waals surface area contributed by atoms with E-state index in [1.165, 1.54) is 5.56 Å². The molecular weight excluding hydrogens is 448 g/mol. The van der Waals surface area contributed by atoms with Gasteiger partial charge in [0.2, 0.25) is 0 Å². The van der Waals surface area contributed by atoms with Crippen molar-refractivity contribution in [2.45, 2.75) is 31.4 Å². The zero-order valence-corrected chi connectivity index (χ0v) is 20.0. The Balaban J connectivity index is 1.23. The van der Waals surface area contributed by atoms with Gasteiger partial charge in [-0.25, -0.2) is 0 Å². The quantitative estimate of drug-likeness (QED) is 0.349. The first-order chi connectivity index (χ1) is 17.6. The average Bonchev–Trinajstić information content (AvgIpc) is 3.34. The summed E-state index contributed by atoms with van der Waals surface area (Å²) in [7, 11) is 0. The smallest absolute Gasteiger partial charge is 0.311 e. The van der Waals surface area contributed by atoms with E-state index in [9.17, 15) is 15.2 Å². The maximum Gasteiger partial charge on any atom is 0.311 e. The summed E-state index contributed by atoms with van der Waals surface area (Å²) in [5.41, 5.74) is 3.57. The standard InChI is InChI=1S/C31H28N2O3/c32-19-24-7-9-25-8-6-23(16-27(25)17-24)18-30(31(34)35)26-10-12-28(13-11-26)36-29-14-15-33(21-29)20-22-4-2-1-3-5-22/h1-13,16-17,29-30H,14-15,18,20-21H2,(H,34,35)/t29-,30?/m0/s1. The normalized spacial score (nSPS) is 16.5. The molecule has 0 radical (unpaired) electrons. The molecule has 1 unspecified atom stereocenters. The molecule has 36 heavy (non-hydrogen) atoms. The fourth-order valence-corrected chi connectivity index (χ4v) is 4.93. The highest BCUT2D eigenvalue weighted by molar-refractivity contribution is 5.85. The average molecular weight is 477 g/mol. The van der Waals surface area contributed by atoms with Crippen LogP contribution in [-0.2, 0) is 17.8 Å². The molecule has 1 fully saturated rings. The van der Waals surface area contributed by atoms with Gasteiger partial charge in [-0.15, -0.1) is 0 Å². The van der Waals surface area contributed by atoms with Crippen LogP contribution in [0.5, 0.6) is 5.75 Å². The van der Waals surface area contributed by atoms with Gasteiger partial charge >= 0.3 is 5.97 Å².